The van der Waals surface area contributed by atoms with Gasteiger partial charge in [-0.05, 0) is 24.1 Å². The molecule has 1 rings (SSSR count). The molecule has 0 fully saturated rings. The van der Waals surface area contributed by atoms with Gasteiger partial charge in [0.2, 0.25) is 0 Å². The number of halogens is 1. The van der Waals surface area contributed by atoms with Crippen LogP contribution in [0, 0.1) is 0 Å². The highest BCUT2D eigenvalue weighted by molar-refractivity contribution is 6.30. The molecule has 1 amide bonds. The van der Waals surface area contributed by atoms with E-state index in [9.17, 15) is 4.79 Å². The third kappa shape index (κ3) is 7.32. The van der Waals surface area contributed by atoms with Crippen molar-refractivity contribution >= 4 is 17.7 Å². The Balaban J connectivity index is 2.23. The summed E-state index contributed by atoms with van der Waals surface area (Å²) in [5, 5.41) is 6.65. The number of rotatable bonds is 9. The van der Waals surface area contributed by atoms with Crippen LogP contribution in [0.15, 0.2) is 24.3 Å². The van der Waals surface area contributed by atoms with Gasteiger partial charge < -0.3 is 21.1 Å². The molecule has 6 heteroatoms. The largest absolute Gasteiger partial charge is 0.448 e. The zero-order valence-corrected chi connectivity index (χ0v) is 13.2. The van der Waals surface area contributed by atoms with E-state index in [1.165, 1.54) is 0 Å². The molecular formula is C15H24ClN3O2. The van der Waals surface area contributed by atoms with Crippen molar-refractivity contribution in [3.63, 3.8) is 0 Å². The maximum absolute atomic E-state index is 11.3. The Bertz CT molecular complexity index is 412. The Morgan fingerprint density at radius 2 is 2.05 bits per heavy atom. The van der Waals surface area contributed by atoms with Gasteiger partial charge in [-0.3, -0.25) is 0 Å². The average molecular weight is 314 g/mol. The van der Waals surface area contributed by atoms with Gasteiger partial charge in [-0.1, -0.05) is 37.1 Å². The fraction of sp³-hybridized carbons (Fsp3) is 0.533. The average Bonchev–Trinajstić information content (AvgIpc) is 2.49. The maximum atomic E-state index is 11.3. The molecule has 0 aliphatic rings. The van der Waals surface area contributed by atoms with Crippen molar-refractivity contribution in [3.05, 3.63) is 34.9 Å². The van der Waals surface area contributed by atoms with Gasteiger partial charge in [-0.15, -0.1) is 0 Å². The molecule has 0 aliphatic carbocycles. The van der Waals surface area contributed by atoms with Gasteiger partial charge >= 0.3 is 6.09 Å². The van der Waals surface area contributed by atoms with Crippen LogP contribution in [0.4, 0.5) is 4.79 Å². The predicted octanol–water partition coefficient (Wildman–Crippen LogP) is 2.46. The Morgan fingerprint density at radius 3 is 2.67 bits per heavy atom. The summed E-state index contributed by atoms with van der Waals surface area (Å²) in [4.78, 5) is 11.3. The first kappa shape index (κ1) is 17.8. The lowest BCUT2D eigenvalue weighted by molar-refractivity contribution is 0.145. The Kier molecular flexibility index (Phi) is 8.82. The predicted molar refractivity (Wildman–Crippen MR) is 85.5 cm³/mol. The highest BCUT2D eigenvalue weighted by atomic mass is 35.5. The van der Waals surface area contributed by atoms with Gasteiger partial charge in [0.15, 0.2) is 0 Å². The van der Waals surface area contributed by atoms with Crippen LogP contribution < -0.4 is 16.4 Å². The molecule has 0 heterocycles. The minimum atomic E-state index is -0.374. The fourth-order valence-electron chi connectivity index (χ4n) is 1.83. The number of carbonyl (C=O) groups excluding carboxylic acids is 1. The SMILES string of the molecule is CCCCNC(=O)OCCNC(CN)c1ccc(Cl)cc1. The van der Waals surface area contributed by atoms with Gasteiger partial charge in [0.25, 0.3) is 0 Å². The first-order valence-electron chi connectivity index (χ1n) is 7.27. The van der Waals surface area contributed by atoms with Crippen LogP contribution >= 0.6 is 11.6 Å². The third-order valence-electron chi connectivity index (χ3n) is 3.03. The van der Waals surface area contributed by atoms with Crippen LogP contribution in [0.2, 0.25) is 5.02 Å². The number of nitrogens with one attached hydrogen (secondary N) is 2. The molecule has 1 aromatic carbocycles. The van der Waals surface area contributed by atoms with E-state index in [2.05, 4.69) is 17.6 Å². The van der Waals surface area contributed by atoms with Crippen LogP contribution in [0.3, 0.4) is 0 Å². The molecule has 0 aromatic heterocycles. The van der Waals surface area contributed by atoms with E-state index in [4.69, 9.17) is 22.1 Å². The molecular weight excluding hydrogens is 290 g/mol. The van der Waals surface area contributed by atoms with Gasteiger partial charge in [0.05, 0.1) is 0 Å². The van der Waals surface area contributed by atoms with Crippen molar-refractivity contribution in [3.8, 4) is 0 Å². The van der Waals surface area contributed by atoms with Crippen LogP contribution in [-0.4, -0.2) is 32.3 Å². The summed E-state index contributed by atoms with van der Waals surface area (Å²) in [5.74, 6) is 0. The highest BCUT2D eigenvalue weighted by Crippen LogP contribution is 2.15. The number of unbranched alkanes of at least 4 members (excludes halogenated alkanes) is 1. The van der Waals surface area contributed by atoms with Crippen LogP contribution in [-0.2, 0) is 4.74 Å². The minimum Gasteiger partial charge on any atom is -0.448 e. The number of ether oxygens (including phenoxy) is 1. The Labute approximate surface area is 131 Å². The molecule has 0 saturated carbocycles. The first-order valence-corrected chi connectivity index (χ1v) is 7.64. The molecule has 0 bridgehead atoms. The summed E-state index contributed by atoms with van der Waals surface area (Å²) >= 11 is 5.86. The Morgan fingerprint density at radius 1 is 1.33 bits per heavy atom. The molecule has 21 heavy (non-hydrogen) atoms. The molecule has 1 atom stereocenters. The molecule has 118 valence electrons. The van der Waals surface area contributed by atoms with E-state index in [0.717, 1.165) is 18.4 Å². The molecule has 1 unspecified atom stereocenters. The zero-order valence-electron chi connectivity index (χ0n) is 12.4. The number of benzene rings is 1. The van der Waals surface area contributed by atoms with Crippen molar-refractivity contribution in [2.75, 3.05) is 26.2 Å². The Hall–Kier alpha value is -1.30. The monoisotopic (exact) mass is 313 g/mol. The molecule has 4 N–H and O–H groups in total. The fourth-order valence-corrected chi connectivity index (χ4v) is 1.95. The maximum Gasteiger partial charge on any atom is 0.407 e. The van der Waals surface area contributed by atoms with Gasteiger partial charge in [-0.25, -0.2) is 4.79 Å². The second-order valence-electron chi connectivity index (χ2n) is 4.71. The van der Waals surface area contributed by atoms with Crippen LogP contribution in [0.5, 0.6) is 0 Å². The van der Waals surface area contributed by atoms with Crippen molar-refractivity contribution in [2.24, 2.45) is 5.73 Å². The molecule has 1 aromatic rings. The smallest absolute Gasteiger partial charge is 0.407 e. The van der Waals surface area contributed by atoms with E-state index in [0.29, 0.717) is 31.3 Å². The minimum absolute atomic E-state index is 0.0222. The molecule has 0 aliphatic heterocycles. The number of alkyl carbamates (subject to hydrolysis) is 1. The zero-order chi connectivity index (χ0) is 15.5. The van der Waals surface area contributed by atoms with E-state index < -0.39 is 0 Å². The lowest BCUT2D eigenvalue weighted by Gasteiger charge is -2.17. The number of hydrogen-bond acceptors (Lipinski definition) is 4. The summed E-state index contributed by atoms with van der Waals surface area (Å²) in [6.45, 7) is 4.04. The van der Waals surface area contributed by atoms with Gasteiger partial charge in [0.1, 0.15) is 6.61 Å². The summed E-state index contributed by atoms with van der Waals surface area (Å²) in [6.07, 6.45) is 1.63. The lowest BCUT2D eigenvalue weighted by atomic mass is 10.1. The summed E-state index contributed by atoms with van der Waals surface area (Å²) in [5.41, 5.74) is 6.81. The second-order valence-corrected chi connectivity index (χ2v) is 5.15. The molecule has 0 radical (unpaired) electrons. The molecule has 0 saturated heterocycles. The van der Waals surface area contributed by atoms with E-state index >= 15 is 0 Å². The molecule has 0 spiro atoms. The van der Waals surface area contributed by atoms with E-state index in [1.807, 2.05) is 24.3 Å². The van der Waals surface area contributed by atoms with Crippen molar-refractivity contribution in [1.82, 2.24) is 10.6 Å². The van der Waals surface area contributed by atoms with Gasteiger partial charge in [0, 0.05) is 30.7 Å². The van der Waals surface area contributed by atoms with E-state index in [-0.39, 0.29) is 12.1 Å². The second kappa shape index (κ2) is 10.4. The first-order chi connectivity index (χ1) is 10.2. The summed E-state index contributed by atoms with van der Waals surface area (Å²) in [7, 11) is 0. The third-order valence-corrected chi connectivity index (χ3v) is 3.29. The van der Waals surface area contributed by atoms with Crippen LogP contribution in [0.25, 0.3) is 0 Å². The number of nitrogens with two attached hydrogens (primary N) is 1. The van der Waals surface area contributed by atoms with Gasteiger partial charge in [-0.2, -0.15) is 0 Å². The number of amides is 1. The topological polar surface area (TPSA) is 76.4 Å². The normalized spacial score (nSPS) is 12.0. The van der Waals surface area contributed by atoms with Crippen molar-refractivity contribution < 1.29 is 9.53 Å². The summed E-state index contributed by atoms with van der Waals surface area (Å²) < 4.78 is 5.06. The molecule has 5 nitrogen and oxygen atoms in total. The standard InChI is InChI=1S/C15H24ClN3O2/c1-2-3-8-19-15(20)21-10-9-18-14(11-17)12-4-6-13(16)7-5-12/h4-7,14,18H,2-3,8-11,17H2,1H3,(H,19,20). The highest BCUT2D eigenvalue weighted by Gasteiger charge is 2.09. The lowest BCUT2D eigenvalue weighted by Crippen LogP contribution is -2.33. The van der Waals surface area contributed by atoms with E-state index in [1.54, 1.807) is 0 Å². The number of hydrogen-bond donors (Lipinski definition) is 3. The number of carbonyl (C=O) groups is 1. The van der Waals surface area contributed by atoms with Crippen molar-refractivity contribution in [1.29, 1.82) is 0 Å². The van der Waals surface area contributed by atoms with Crippen molar-refractivity contribution in [2.45, 2.75) is 25.8 Å². The van der Waals surface area contributed by atoms with Crippen LogP contribution in [0.1, 0.15) is 31.4 Å². The quantitative estimate of drug-likeness (QED) is 0.612. The summed E-state index contributed by atoms with van der Waals surface area (Å²) in [6, 6.07) is 7.56.